The van der Waals surface area contributed by atoms with Crippen LogP contribution in [0, 0.1) is 0 Å². The van der Waals surface area contributed by atoms with Gasteiger partial charge in [0.25, 0.3) is 0 Å². The van der Waals surface area contributed by atoms with Crippen molar-refractivity contribution in [2.45, 2.75) is 93.0 Å². The van der Waals surface area contributed by atoms with Crippen molar-refractivity contribution in [1.29, 1.82) is 0 Å². The van der Waals surface area contributed by atoms with Crippen molar-refractivity contribution in [2.24, 2.45) is 0 Å². The number of hydrogen-bond acceptors (Lipinski definition) is 2. The topological polar surface area (TPSA) is 30.7 Å². The highest BCUT2D eigenvalue weighted by Gasteiger charge is 1.99. The molecule has 1 aromatic heterocycles. The van der Waals surface area contributed by atoms with Crippen LogP contribution in [0.4, 0.5) is 0 Å². The van der Waals surface area contributed by atoms with Crippen molar-refractivity contribution in [1.82, 2.24) is 15.0 Å². The predicted octanol–water partition coefficient (Wildman–Crippen LogP) is 5.25. The average Bonchev–Trinajstić information content (AvgIpc) is 2.93. The summed E-state index contributed by atoms with van der Waals surface area (Å²) in [5.41, 5.74) is 1.15. The van der Waals surface area contributed by atoms with E-state index in [1.54, 1.807) is 0 Å². The first-order chi connectivity index (χ1) is 9.36. The van der Waals surface area contributed by atoms with E-state index >= 15 is 0 Å². The molecular weight excluding hydrogens is 234 g/mol. The third kappa shape index (κ3) is 11.9. The van der Waals surface area contributed by atoms with Crippen LogP contribution in [0.25, 0.3) is 0 Å². The van der Waals surface area contributed by atoms with Crippen LogP contribution >= 0.6 is 0 Å². The largest absolute Gasteiger partial charge is 0.252 e. The van der Waals surface area contributed by atoms with E-state index in [0.717, 1.165) is 18.7 Å². The Bertz CT molecular complexity index is 256. The highest BCUT2D eigenvalue weighted by molar-refractivity contribution is 4.91. The van der Waals surface area contributed by atoms with Gasteiger partial charge in [0.1, 0.15) is 0 Å². The lowest BCUT2D eigenvalue weighted by Crippen LogP contribution is -1.98. The quantitative estimate of drug-likeness (QED) is 0.603. The molecule has 0 saturated carbocycles. The summed E-state index contributed by atoms with van der Waals surface area (Å²) in [7, 11) is 0. The molecule has 0 N–H and O–H groups in total. The van der Waals surface area contributed by atoms with E-state index in [4.69, 9.17) is 0 Å². The Labute approximate surface area is 120 Å². The summed E-state index contributed by atoms with van der Waals surface area (Å²) in [5, 5.41) is 8.30. The maximum absolute atomic E-state index is 4.17. The van der Waals surface area contributed by atoms with Gasteiger partial charge in [-0.05, 0) is 19.3 Å². The molecule has 0 fully saturated rings. The minimum atomic E-state index is 1.03. The van der Waals surface area contributed by atoms with Gasteiger partial charge in [-0.3, -0.25) is 4.68 Å². The van der Waals surface area contributed by atoms with Crippen LogP contribution in [0.2, 0.25) is 0 Å². The van der Waals surface area contributed by atoms with Crippen molar-refractivity contribution in [3.63, 3.8) is 0 Å². The van der Waals surface area contributed by atoms with Gasteiger partial charge in [-0.2, -0.15) is 0 Å². The van der Waals surface area contributed by atoms with Gasteiger partial charge in [0.15, 0.2) is 0 Å². The maximum Gasteiger partial charge on any atom is 0.0827 e. The summed E-state index contributed by atoms with van der Waals surface area (Å²) in [6.45, 7) is 13.5. The molecule has 0 amide bonds. The van der Waals surface area contributed by atoms with E-state index in [-0.39, 0.29) is 0 Å². The van der Waals surface area contributed by atoms with Crippen LogP contribution in [0.15, 0.2) is 6.20 Å². The number of rotatable bonds is 8. The molecule has 19 heavy (non-hydrogen) atoms. The Morgan fingerprint density at radius 2 is 1.53 bits per heavy atom. The van der Waals surface area contributed by atoms with Crippen molar-refractivity contribution in [3.8, 4) is 0 Å². The van der Waals surface area contributed by atoms with Crippen LogP contribution in [0.1, 0.15) is 85.8 Å². The van der Waals surface area contributed by atoms with Gasteiger partial charge >= 0.3 is 0 Å². The predicted molar refractivity (Wildman–Crippen MR) is 85.5 cm³/mol. The Morgan fingerprint density at radius 1 is 0.895 bits per heavy atom. The molecule has 1 aromatic rings. The minimum absolute atomic E-state index is 1.03. The fourth-order valence-corrected chi connectivity index (χ4v) is 1.62. The standard InChI is InChI=1S/C12H23N3.2C2H6/c1-3-5-7-8-10-15-11-12(13-14-15)9-6-4-2;2*1-2/h11H,3-10H2,1-2H3;2*1-2H3. The van der Waals surface area contributed by atoms with Gasteiger partial charge < -0.3 is 0 Å². The van der Waals surface area contributed by atoms with Crippen LogP contribution < -0.4 is 0 Å². The van der Waals surface area contributed by atoms with Gasteiger partial charge in [-0.15, -0.1) is 5.10 Å². The fourth-order valence-electron chi connectivity index (χ4n) is 1.62. The fraction of sp³-hybridized carbons (Fsp3) is 0.875. The smallest absolute Gasteiger partial charge is 0.0827 e. The third-order valence-electron chi connectivity index (χ3n) is 2.61. The molecule has 0 spiro atoms. The molecular formula is C16H35N3. The van der Waals surface area contributed by atoms with Crippen molar-refractivity contribution < 1.29 is 0 Å². The second kappa shape index (κ2) is 17.1. The number of unbranched alkanes of at least 4 members (excludes halogenated alkanes) is 4. The highest BCUT2D eigenvalue weighted by Crippen LogP contribution is 2.03. The lowest BCUT2D eigenvalue weighted by Gasteiger charge is -1.98. The number of aryl methyl sites for hydroxylation is 2. The van der Waals surface area contributed by atoms with Gasteiger partial charge in [0, 0.05) is 12.7 Å². The van der Waals surface area contributed by atoms with Crippen molar-refractivity contribution in [2.75, 3.05) is 0 Å². The molecule has 0 saturated heterocycles. The first-order valence-electron chi connectivity index (χ1n) is 8.25. The van der Waals surface area contributed by atoms with E-state index < -0.39 is 0 Å². The van der Waals surface area contributed by atoms with E-state index in [9.17, 15) is 0 Å². The van der Waals surface area contributed by atoms with Crippen molar-refractivity contribution >= 4 is 0 Å². The second-order valence-corrected chi connectivity index (χ2v) is 4.14. The normalized spacial score (nSPS) is 9.16. The maximum atomic E-state index is 4.17. The number of aromatic nitrogens is 3. The highest BCUT2D eigenvalue weighted by atomic mass is 15.4. The summed E-state index contributed by atoms with van der Waals surface area (Å²) in [6, 6.07) is 0. The molecule has 1 rings (SSSR count). The van der Waals surface area contributed by atoms with Gasteiger partial charge in [0.05, 0.1) is 5.69 Å². The van der Waals surface area contributed by atoms with Crippen molar-refractivity contribution in [3.05, 3.63) is 11.9 Å². The summed E-state index contributed by atoms with van der Waals surface area (Å²) >= 11 is 0. The Kier molecular flexibility index (Phi) is 18.5. The average molecular weight is 269 g/mol. The van der Waals surface area contributed by atoms with Crippen LogP contribution in [0.5, 0.6) is 0 Å². The van der Waals surface area contributed by atoms with E-state index in [1.165, 1.54) is 38.5 Å². The molecule has 0 radical (unpaired) electrons. The third-order valence-corrected chi connectivity index (χ3v) is 2.61. The molecule has 0 bridgehead atoms. The molecule has 3 heteroatoms. The second-order valence-electron chi connectivity index (χ2n) is 4.14. The molecule has 1 heterocycles. The molecule has 0 atom stereocenters. The van der Waals surface area contributed by atoms with Crippen LogP contribution in [-0.2, 0) is 13.0 Å². The van der Waals surface area contributed by atoms with E-state index in [2.05, 4.69) is 30.4 Å². The van der Waals surface area contributed by atoms with Gasteiger partial charge in [0.2, 0.25) is 0 Å². The van der Waals surface area contributed by atoms with Gasteiger partial charge in [-0.1, -0.05) is 72.4 Å². The number of nitrogens with zero attached hydrogens (tertiary/aromatic N) is 3. The minimum Gasteiger partial charge on any atom is -0.252 e. The Morgan fingerprint density at radius 3 is 2.11 bits per heavy atom. The zero-order chi connectivity index (χ0) is 14.9. The molecule has 0 unspecified atom stereocenters. The monoisotopic (exact) mass is 269 g/mol. The Balaban J connectivity index is 0. The lowest BCUT2D eigenvalue weighted by atomic mass is 10.2. The summed E-state index contributed by atoms with van der Waals surface area (Å²) < 4.78 is 1.99. The zero-order valence-corrected chi connectivity index (χ0v) is 14.1. The van der Waals surface area contributed by atoms with Crippen LogP contribution in [-0.4, -0.2) is 15.0 Å². The lowest BCUT2D eigenvalue weighted by molar-refractivity contribution is 0.527. The van der Waals surface area contributed by atoms with E-state index in [0.29, 0.717) is 0 Å². The molecule has 0 aliphatic carbocycles. The van der Waals surface area contributed by atoms with Crippen LogP contribution in [0.3, 0.4) is 0 Å². The summed E-state index contributed by atoms with van der Waals surface area (Å²) in [5.74, 6) is 0. The molecule has 0 aliphatic heterocycles. The molecule has 0 aliphatic rings. The molecule has 3 nitrogen and oxygen atoms in total. The molecule has 0 aromatic carbocycles. The first kappa shape index (κ1) is 20.5. The SMILES string of the molecule is CC.CC.CCCCCCn1cc(CCCC)nn1. The molecule has 114 valence electrons. The summed E-state index contributed by atoms with van der Waals surface area (Å²) in [4.78, 5) is 0. The Hall–Kier alpha value is -0.860. The van der Waals surface area contributed by atoms with E-state index in [1.807, 2.05) is 32.4 Å². The summed E-state index contributed by atoms with van der Waals surface area (Å²) in [6.07, 6.45) is 10.8. The first-order valence-corrected chi connectivity index (χ1v) is 8.25. The number of hydrogen-bond donors (Lipinski definition) is 0. The van der Waals surface area contributed by atoms with Gasteiger partial charge in [-0.25, -0.2) is 0 Å². The zero-order valence-electron chi connectivity index (χ0n) is 14.1.